The van der Waals surface area contributed by atoms with Crippen molar-refractivity contribution in [3.05, 3.63) is 42.2 Å². The fourth-order valence-electron chi connectivity index (χ4n) is 1.19. The van der Waals surface area contributed by atoms with Gasteiger partial charge in [-0.25, -0.2) is 0 Å². The standard InChI is InChI=1S/C11H8N3O.Ir/c1-15-11-4-2-10(3-5-11)14-7-6-9(8-12)13-14;/h2,4-7H,1H3;/q-1;. The Balaban J connectivity index is 0.00000128. The van der Waals surface area contributed by atoms with E-state index in [1.807, 2.05) is 18.2 Å². The van der Waals surface area contributed by atoms with E-state index in [1.54, 1.807) is 30.1 Å². The van der Waals surface area contributed by atoms with Crippen LogP contribution in [-0.2, 0) is 20.1 Å². The molecule has 83 valence electrons. The first-order valence-corrected chi connectivity index (χ1v) is 4.35. The Morgan fingerprint density at radius 1 is 1.44 bits per heavy atom. The van der Waals surface area contributed by atoms with E-state index in [1.165, 1.54) is 0 Å². The van der Waals surface area contributed by atoms with Gasteiger partial charge in [0.25, 0.3) is 0 Å². The molecule has 1 heterocycles. The molecule has 0 fully saturated rings. The van der Waals surface area contributed by atoms with Crippen LogP contribution in [0, 0.1) is 17.4 Å². The summed E-state index contributed by atoms with van der Waals surface area (Å²) in [4.78, 5) is 0. The van der Waals surface area contributed by atoms with Crippen LogP contribution in [0.3, 0.4) is 0 Å². The minimum absolute atomic E-state index is 0. The topological polar surface area (TPSA) is 50.8 Å². The molecule has 0 saturated carbocycles. The van der Waals surface area contributed by atoms with Crippen molar-refractivity contribution in [2.75, 3.05) is 7.11 Å². The van der Waals surface area contributed by atoms with Gasteiger partial charge in [-0.2, -0.15) is 16.4 Å². The van der Waals surface area contributed by atoms with Crippen LogP contribution < -0.4 is 4.74 Å². The number of ether oxygens (including phenoxy) is 1. The molecule has 0 bridgehead atoms. The molecule has 1 aromatic heterocycles. The fraction of sp³-hybridized carbons (Fsp3) is 0.0909. The normalized spacial score (nSPS) is 9.00. The molecule has 1 radical (unpaired) electrons. The summed E-state index contributed by atoms with van der Waals surface area (Å²) in [6.45, 7) is 0. The number of nitrogens with zero attached hydrogens (tertiary/aromatic N) is 3. The first-order valence-electron chi connectivity index (χ1n) is 4.35. The van der Waals surface area contributed by atoms with E-state index < -0.39 is 0 Å². The maximum absolute atomic E-state index is 8.62. The molecule has 0 spiro atoms. The van der Waals surface area contributed by atoms with Gasteiger partial charge in [0, 0.05) is 32.1 Å². The van der Waals surface area contributed by atoms with E-state index in [2.05, 4.69) is 11.2 Å². The van der Waals surface area contributed by atoms with Crippen LogP contribution in [0.5, 0.6) is 5.75 Å². The summed E-state index contributed by atoms with van der Waals surface area (Å²) in [7, 11) is 1.60. The molecule has 4 nitrogen and oxygen atoms in total. The number of rotatable bonds is 2. The van der Waals surface area contributed by atoms with Gasteiger partial charge in [-0.3, -0.25) is 4.68 Å². The molecule has 0 amide bonds. The zero-order chi connectivity index (χ0) is 10.7. The number of benzene rings is 1. The molecule has 0 unspecified atom stereocenters. The third-order valence-electron chi connectivity index (χ3n) is 1.95. The van der Waals surface area contributed by atoms with Crippen molar-refractivity contribution in [3.63, 3.8) is 0 Å². The second kappa shape index (κ2) is 5.45. The van der Waals surface area contributed by atoms with E-state index >= 15 is 0 Å². The van der Waals surface area contributed by atoms with Crippen molar-refractivity contribution in [2.24, 2.45) is 0 Å². The van der Waals surface area contributed by atoms with E-state index in [4.69, 9.17) is 10.00 Å². The summed E-state index contributed by atoms with van der Waals surface area (Å²) >= 11 is 0. The van der Waals surface area contributed by atoms with Gasteiger partial charge in [-0.15, -0.1) is 18.2 Å². The predicted octanol–water partition coefficient (Wildman–Crippen LogP) is 1.55. The van der Waals surface area contributed by atoms with Crippen LogP contribution >= 0.6 is 0 Å². The van der Waals surface area contributed by atoms with Gasteiger partial charge in [0.1, 0.15) is 6.07 Å². The fourth-order valence-corrected chi connectivity index (χ4v) is 1.19. The van der Waals surface area contributed by atoms with E-state index in [-0.39, 0.29) is 20.1 Å². The van der Waals surface area contributed by atoms with Crippen molar-refractivity contribution in [1.29, 1.82) is 5.26 Å². The number of nitriles is 1. The van der Waals surface area contributed by atoms with Crippen molar-refractivity contribution in [1.82, 2.24) is 9.78 Å². The molecule has 1 aromatic carbocycles. The van der Waals surface area contributed by atoms with E-state index in [0.717, 1.165) is 11.4 Å². The van der Waals surface area contributed by atoms with Gasteiger partial charge in [-0.05, 0) is 11.8 Å². The summed E-state index contributed by atoms with van der Waals surface area (Å²) in [6, 6.07) is 12.0. The zero-order valence-electron chi connectivity index (χ0n) is 8.47. The second-order valence-electron chi connectivity index (χ2n) is 2.87. The first-order chi connectivity index (χ1) is 7.33. The number of hydrogen-bond acceptors (Lipinski definition) is 3. The predicted molar refractivity (Wildman–Crippen MR) is 53.7 cm³/mol. The third-order valence-corrected chi connectivity index (χ3v) is 1.95. The molecule has 0 aliphatic carbocycles. The Morgan fingerprint density at radius 3 is 2.75 bits per heavy atom. The van der Waals surface area contributed by atoms with Crippen LogP contribution in [0.1, 0.15) is 5.69 Å². The second-order valence-corrected chi connectivity index (χ2v) is 2.87. The van der Waals surface area contributed by atoms with Crippen LogP contribution in [0.25, 0.3) is 5.69 Å². The Hall–Kier alpha value is -1.63. The smallest absolute Gasteiger partial charge is 0.162 e. The van der Waals surface area contributed by atoms with Crippen molar-refractivity contribution < 1.29 is 24.8 Å². The Labute approximate surface area is 107 Å². The van der Waals surface area contributed by atoms with Crippen LogP contribution in [0.4, 0.5) is 0 Å². The van der Waals surface area contributed by atoms with Crippen LogP contribution in [0.2, 0.25) is 0 Å². The van der Waals surface area contributed by atoms with E-state index in [9.17, 15) is 0 Å². The molecule has 2 rings (SSSR count). The SMILES string of the molecule is COc1c[c-]c(-n2ccc(C#N)n2)cc1.[Ir]. The Morgan fingerprint density at radius 2 is 2.25 bits per heavy atom. The molecule has 0 aliphatic heterocycles. The summed E-state index contributed by atoms with van der Waals surface area (Å²) < 4.78 is 6.61. The number of methoxy groups -OCH3 is 1. The molecule has 0 N–H and O–H groups in total. The summed E-state index contributed by atoms with van der Waals surface area (Å²) in [5.41, 5.74) is 1.16. The molecule has 0 aliphatic rings. The van der Waals surface area contributed by atoms with Crippen molar-refractivity contribution >= 4 is 0 Å². The van der Waals surface area contributed by atoms with Gasteiger partial charge < -0.3 is 4.74 Å². The Bertz CT molecular complexity index is 499. The number of hydrogen-bond donors (Lipinski definition) is 0. The average Bonchev–Trinajstić information content (AvgIpc) is 2.78. The van der Waals surface area contributed by atoms with Crippen LogP contribution in [0.15, 0.2) is 30.5 Å². The maximum Gasteiger partial charge on any atom is 0.162 e. The molecule has 0 saturated heterocycles. The molecule has 0 atom stereocenters. The van der Waals surface area contributed by atoms with Crippen molar-refractivity contribution in [3.8, 4) is 17.5 Å². The van der Waals surface area contributed by atoms with Crippen molar-refractivity contribution in [2.45, 2.75) is 0 Å². The van der Waals surface area contributed by atoms with Gasteiger partial charge >= 0.3 is 0 Å². The molecule has 5 heteroatoms. The first kappa shape index (κ1) is 12.4. The summed E-state index contributed by atoms with van der Waals surface area (Å²) in [6.07, 6.45) is 1.72. The van der Waals surface area contributed by atoms with Gasteiger partial charge in [0.2, 0.25) is 0 Å². The molecule has 16 heavy (non-hydrogen) atoms. The number of aromatic nitrogens is 2. The van der Waals surface area contributed by atoms with Crippen LogP contribution in [-0.4, -0.2) is 16.9 Å². The summed E-state index contributed by atoms with van der Waals surface area (Å²) in [5.74, 6) is 0.742. The summed E-state index contributed by atoms with van der Waals surface area (Å²) in [5, 5.41) is 12.7. The minimum Gasteiger partial charge on any atom is -0.554 e. The maximum atomic E-state index is 8.62. The Kier molecular flexibility index (Phi) is 4.24. The largest absolute Gasteiger partial charge is 0.554 e. The van der Waals surface area contributed by atoms with E-state index in [0.29, 0.717) is 5.69 Å². The molecular formula is C11H8IrN3O-. The monoisotopic (exact) mass is 391 g/mol. The van der Waals surface area contributed by atoms with Gasteiger partial charge in [0.05, 0.1) is 7.11 Å². The molecular weight excluding hydrogens is 382 g/mol. The quantitative estimate of drug-likeness (QED) is 0.732. The third kappa shape index (κ3) is 2.48. The van der Waals surface area contributed by atoms with Gasteiger partial charge in [-0.1, -0.05) is 0 Å². The zero-order valence-corrected chi connectivity index (χ0v) is 10.9. The molecule has 2 aromatic rings. The minimum atomic E-state index is 0. The van der Waals surface area contributed by atoms with Gasteiger partial charge in [0.15, 0.2) is 5.69 Å². The average molecular weight is 390 g/mol.